The Morgan fingerprint density at radius 2 is 2.12 bits per heavy atom. The fourth-order valence-electron chi connectivity index (χ4n) is 3.70. The van der Waals surface area contributed by atoms with Crippen molar-refractivity contribution in [2.24, 2.45) is 5.41 Å². The predicted octanol–water partition coefficient (Wildman–Crippen LogP) is 2.89. The van der Waals surface area contributed by atoms with E-state index in [0.717, 1.165) is 39.0 Å². The third kappa shape index (κ3) is 4.44. The molecule has 1 unspecified atom stereocenters. The van der Waals surface area contributed by atoms with Gasteiger partial charge in [0.15, 0.2) is 0 Å². The van der Waals surface area contributed by atoms with Crippen molar-refractivity contribution in [1.82, 2.24) is 10.2 Å². The van der Waals surface area contributed by atoms with Gasteiger partial charge in [-0.05, 0) is 44.9 Å². The van der Waals surface area contributed by atoms with Crippen LogP contribution in [0.5, 0.6) is 0 Å². The molecule has 0 aromatic heterocycles. The van der Waals surface area contributed by atoms with Crippen LogP contribution in [0.2, 0.25) is 0 Å². The van der Waals surface area contributed by atoms with Gasteiger partial charge in [0, 0.05) is 25.0 Å². The Kier molecular flexibility index (Phi) is 6.67. The van der Waals surface area contributed by atoms with Gasteiger partial charge < -0.3 is 20.3 Å². The molecule has 6 nitrogen and oxygen atoms in total. The number of amides is 2. The third-order valence-corrected chi connectivity index (χ3v) is 4.94. The van der Waals surface area contributed by atoms with Gasteiger partial charge in [0.2, 0.25) is 0 Å². The molecule has 1 aromatic carbocycles. The van der Waals surface area contributed by atoms with E-state index >= 15 is 0 Å². The molecule has 2 saturated heterocycles. The maximum atomic E-state index is 12.7. The molecule has 2 heterocycles. The second kappa shape index (κ2) is 8.54. The van der Waals surface area contributed by atoms with Gasteiger partial charge in [-0.1, -0.05) is 12.1 Å². The first-order valence-electron chi connectivity index (χ1n) is 8.66. The van der Waals surface area contributed by atoms with Crippen molar-refractivity contribution in [3.8, 4) is 0 Å². The van der Waals surface area contributed by atoms with E-state index in [-0.39, 0.29) is 23.9 Å². The highest BCUT2D eigenvalue weighted by atomic mass is 35.5. The first-order chi connectivity index (χ1) is 11.6. The number of anilines is 1. The molecule has 1 aromatic rings. The van der Waals surface area contributed by atoms with Crippen molar-refractivity contribution >= 4 is 30.1 Å². The minimum absolute atomic E-state index is 0. The number of para-hydroxylation sites is 1. The summed E-state index contributed by atoms with van der Waals surface area (Å²) in [4.78, 5) is 26.6. The number of urea groups is 1. The van der Waals surface area contributed by atoms with Gasteiger partial charge >= 0.3 is 12.0 Å². The number of nitrogens with one attached hydrogen (secondary N) is 2. The highest BCUT2D eigenvalue weighted by Crippen LogP contribution is 2.35. The average Bonchev–Trinajstić information content (AvgIpc) is 3.03. The van der Waals surface area contributed by atoms with Crippen LogP contribution in [0.3, 0.4) is 0 Å². The first-order valence-corrected chi connectivity index (χ1v) is 8.66. The monoisotopic (exact) mass is 367 g/mol. The highest BCUT2D eigenvalue weighted by molar-refractivity contribution is 6.00. The van der Waals surface area contributed by atoms with Crippen molar-refractivity contribution in [3.05, 3.63) is 29.8 Å². The molecule has 0 radical (unpaired) electrons. The van der Waals surface area contributed by atoms with Gasteiger partial charge in [-0.2, -0.15) is 0 Å². The fraction of sp³-hybridized carbons (Fsp3) is 0.556. The van der Waals surface area contributed by atoms with Gasteiger partial charge in [-0.15, -0.1) is 12.4 Å². The van der Waals surface area contributed by atoms with E-state index in [4.69, 9.17) is 4.74 Å². The molecule has 2 aliphatic heterocycles. The van der Waals surface area contributed by atoms with E-state index in [1.165, 1.54) is 6.42 Å². The Morgan fingerprint density at radius 1 is 1.32 bits per heavy atom. The predicted molar refractivity (Wildman–Crippen MR) is 99.4 cm³/mol. The summed E-state index contributed by atoms with van der Waals surface area (Å²) in [6, 6.07) is 6.84. The molecule has 7 heteroatoms. The molecule has 3 rings (SSSR count). The molecule has 1 atom stereocenters. The molecule has 1 spiro atoms. The number of benzene rings is 1. The number of esters is 1. The summed E-state index contributed by atoms with van der Waals surface area (Å²) in [7, 11) is 0. The lowest BCUT2D eigenvalue weighted by atomic mass is 9.79. The van der Waals surface area contributed by atoms with Crippen molar-refractivity contribution < 1.29 is 14.3 Å². The zero-order chi connectivity index (χ0) is 17.0. The number of likely N-dealkylation sites (tertiary alicyclic amines) is 1. The van der Waals surface area contributed by atoms with Crippen LogP contribution in [0.4, 0.5) is 10.5 Å². The lowest BCUT2D eigenvalue weighted by Gasteiger charge is -2.40. The van der Waals surface area contributed by atoms with Crippen molar-refractivity contribution in [2.75, 3.05) is 38.1 Å². The van der Waals surface area contributed by atoms with Crippen LogP contribution in [0.25, 0.3) is 0 Å². The minimum atomic E-state index is -0.413. The van der Waals surface area contributed by atoms with Gasteiger partial charge in [-0.3, -0.25) is 0 Å². The van der Waals surface area contributed by atoms with Crippen LogP contribution < -0.4 is 10.6 Å². The van der Waals surface area contributed by atoms with Crippen molar-refractivity contribution in [1.29, 1.82) is 0 Å². The molecule has 25 heavy (non-hydrogen) atoms. The van der Waals surface area contributed by atoms with E-state index in [0.29, 0.717) is 17.9 Å². The summed E-state index contributed by atoms with van der Waals surface area (Å²) in [5.41, 5.74) is 1.11. The second-order valence-electron chi connectivity index (χ2n) is 6.65. The molecule has 2 amide bonds. The Bertz CT molecular complexity index is 617. The zero-order valence-corrected chi connectivity index (χ0v) is 15.4. The minimum Gasteiger partial charge on any atom is -0.462 e. The number of nitrogens with zero attached hydrogens (tertiary/aromatic N) is 1. The van der Waals surface area contributed by atoms with Gasteiger partial charge in [0.25, 0.3) is 0 Å². The molecule has 0 bridgehead atoms. The summed E-state index contributed by atoms with van der Waals surface area (Å²) in [6.07, 6.45) is 3.31. The number of carbonyl (C=O) groups is 2. The van der Waals surface area contributed by atoms with Crippen LogP contribution in [0.1, 0.15) is 36.5 Å². The van der Waals surface area contributed by atoms with Crippen LogP contribution in [-0.2, 0) is 4.74 Å². The van der Waals surface area contributed by atoms with Crippen LogP contribution in [-0.4, -0.2) is 49.7 Å². The van der Waals surface area contributed by atoms with E-state index in [1.807, 2.05) is 4.90 Å². The van der Waals surface area contributed by atoms with Crippen molar-refractivity contribution in [3.63, 3.8) is 0 Å². The number of halogens is 1. The lowest BCUT2D eigenvalue weighted by Crippen LogP contribution is -2.48. The summed E-state index contributed by atoms with van der Waals surface area (Å²) in [5, 5.41) is 6.30. The average molecular weight is 368 g/mol. The van der Waals surface area contributed by atoms with E-state index in [9.17, 15) is 9.59 Å². The largest absolute Gasteiger partial charge is 0.462 e. The maximum Gasteiger partial charge on any atom is 0.340 e. The number of hydrogen-bond acceptors (Lipinski definition) is 4. The Hall–Kier alpha value is -1.79. The number of hydrogen-bond donors (Lipinski definition) is 2. The molecular formula is C18H26ClN3O3. The third-order valence-electron chi connectivity index (χ3n) is 4.94. The molecule has 2 fully saturated rings. The topological polar surface area (TPSA) is 70.7 Å². The second-order valence-corrected chi connectivity index (χ2v) is 6.65. The molecule has 0 aliphatic carbocycles. The van der Waals surface area contributed by atoms with E-state index < -0.39 is 5.97 Å². The maximum absolute atomic E-state index is 12.7. The summed E-state index contributed by atoms with van der Waals surface area (Å²) >= 11 is 0. The Labute approximate surface area is 154 Å². The van der Waals surface area contributed by atoms with E-state index in [1.54, 1.807) is 31.2 Å². The number of rotatable bonds is 3. The molecule has 2 aliphatic rings. The normalized spacial score (nSPS) is 22.4. The number of carbonyl (C=O) groups excluding carboxylic acids is 2. The van der Waals surface area contributed by atoms with Crippen LogP contribution in [0.15, 0.2) is 24.3 Å². The Morgan fingerprint density at radius 3 is 2.84 bits per heavy atom. The summed E-state index contributed by atoms with van der Waals surface area (Å²) in [6.45, 7) is 5.62. The molecule has 2 N–H and O–H groups in total. The Balaban J connectivity index is 0.00000225. The molecule has 0 saturated carbocycles. The molecule has 138 valence electrons. The lowest BCUT2D eigenvalue weighted by molar-refractivity contribution is 0.0527. The molecular weight excluding hydrogens is 342 g/mol. The number of piperidine rings is 1. The SMILES string of the molecule is CCOC(=O)c1ccccc1NC(=O)N1CCCC2(CCNC2)C1.Cl. The van der Waals surface area contributed by atoms with Gasteiger partial charge in [0.1, 0.15) is 0 Å². The van der Waals surface area contributed by atoms with Gasteiger partial charge in [-0.25, -0.2) is 9.59 Å². The van der Waals surface area contributed by atoms with Crippen molar-refractivity contribution in [2.45, 2.75) is 26.2 Å². The smallest absolute Gasteiger partial charge is 0.340 e. The standard InChI is InChI=1S/C18H25N3O3.ClH/c1-2-24-16(22)14-6-3-4-7-15(14)20-17(23)21-11-5-8-18(13-21)9-10-19-12-18;/h3-4,6-7,19H,2,5,8-13H2,1H3,(H,20,23);1H. The fourth-order valence-corrected chi connectivity index (χ4v) is 3.70. The zero-order valence-electron chi connectivity index (χ0n) is 14.5. The number of ether oxygens (including phenoxy) is 1. The summed E-state index contributed by atoms with van der Waals surface area (Å²) < 4.78 is 5.06. The first kappa shape index (κ1) is 19.5. The van der Waals surface area contributed by atoms with Crippen LogP contribution in [0, 0.1) is 5.41 Å². The van der Waals surface area contributed by atoms with Gasteiger partial charge in [0.05, 0.1) is 17.9 Å². The quantitative estimate of drug-likeness (QED) is 0.806. The van der Waals surface area contributed by atoms with E-state index in [2.05, 4.69) is 10.6 Å². The summed E-state index contributed by atoms with van der Waals surface area (Å²) in [5.74, 6) is -0.413. The van der Waals surface area contributed by atoms with Crippen LogP contribution >= 0.6 is 12.4 Å². The highest BCUT2D eigenvalue weighted by Gasteiger charge is 2.39.